The lowest BCUT2D eigenvalue weighted by Crippen LogP contribution is -2.36. The molecule has 0 fully saturated rings. The van der Waals surface area contributed by atoms with Gasteiger partial charge in [-0.15, -0.1) is 0 Å². The van der Waals surface area contributed by atoms with Crippen molar-refractivity contribution in [2.45, 2.75) is 0 Å². The maximum Gasteiger partial charge on any atom is 0.330 e. The zero-order valence-electron chi connectivity index (χ0n) is 19.0. The predicted octanol–water partition coefficient (Wildman–Crippen LogP) is 2.78. The van der Waals surface area contributed by atoms with E-state index in [1.165, 1.54) is 11.6 Å². The van der Waals surface area contributed by atoms with Crippen LogP contribution in [0.3, 0.4) is 0 Å². The summed E-state index contributed by atoms with van der Waals surface area (Å²) in [5.74, 6) is 1.14. The Labute approximate surface area is 185 Å². The molecule has 32 heavy (non-hydrogen) atoms. The van der Waals surface area contributed by atoms with Crippen LogP contribution in [0.15, 0.2) is 58.3 Å². The summed E-state index contributed by atoms with van der Waals surface area (Å²) in [6.07, 6.45) is 1.83. The molecule has 0 N–H and O–H groups in total. The van der Waals surface area contributed by atoms with Crippen LogP contribution in [0.2, 0.25) is 0 Å². The number of anilines is 1. The SMILES string of the molecule is COc1ccc(-c2c3c(=O)n(C)c(=O)n(C)c3cn2-c2ccc(N(C)C)cc2)cc1OC. The Balaban J connectivity index is 2.11. The molecular weight excluding hydrogens is 408 g/mol. The number of aryl methyl sites for hydroxylation is 1. The number of benzene rings is 2. The number of nitrogens with zero attached hydrogens (tertiary/aromatic N) is 4. The van der Waals surface area contributed by atoms with E-state index in [-0.39, 0.29) is 11.2 Å². The first-order chi connectivity index (χ1) is 15.3. The zero-order chi connectivity index (χ0) is 23.2. The summed E-state index contributed by atoms with van der Waals surface area (Å²) >= 11 is 0. The largest absolute Gasteiger partial charge is 0.493 e. The Hall–Kier alpha value is -3.94. The third-order valence-electron chi connectivity index (χ3n) is 5.74. The van der Waals surface area contributed by atoms with Crippen molar-refractivity contribution >= 4 is 16.6 Å². The molecular formula is C24H26N4O4. The van der Waals surface area contributed by atoms with E-state index in [9.17, 15) is 9.59 Å². The van der Waals surface area contributed by atoms with Crippen molar-refractivity contribution in [3.8, 4) is 28.4 Å². The van der Waals surface area contributed by atoms with Crippen LogP contribution in [-0.2, 0) is 14.1 Å². The summed E-state index contributed by atoms with van der Waals surface area (Å²) in [4.78, 5) is 27.8. The fourth-order valence-corrected chi connectivity index (χ4v) is 3.92. The van der Waals surface area contributed by atoms with Gasteiger partial charge in [0.15, 0.2) is 11.5 Å². The average molecular weight is 434 g/mol. The van der Waals surface area contributed by atoms with Gasteiger partial charge in [0.2, 0.25) is 0 Å². The average Bonchev–Trinajstić information content (AvgIpc) is 3.21. The molecule has 2 aromatic heterocycles. The van der Waals surface area contributed by atoms with Crippen molar-refractivity contribution in [2.24, 2.45) is 14.1 Å². The summed E-state index contributed by atoms with van der Waals surface area (Å²) < 4.78 is 15.4. The Morgan fingerprint density at radius 1 is 0.844 bits per heavy atom. The zero-order valence-corrected chi connectivity index (χ0v) is 19.0. The molecule has 0 aliphatic heterocycles. The van der Waals surface area contributed by atoms with Gasteiger partial charge in [0, 0.05) is 51.3 Å². The highest BCUT2D eigenvalue weighted by Crippen LogP contribution is 2.36. The number of hydrogen-bond acceptors (Lipinski definition) is 5. The lowest BCUT2D eigenvalue weighted by molar-refractivity contribution is 0.355. The third kappa shape index (κ3) is 3.24. The molecule has 0 aliphatic rings. The Kier molecular flexibility index (Phi) is 5.30. The lowest BCUT2D eigenvalue weighted by Gasteiger charge is -2.15. The van der Waals surface area contributed by atoms with E-state index in [1.54, 1.807) is 27.3 Å². The van der Waals surface area contributed by atoms with Gasteiger partial charge in [-0.1, -0.05) is 0 Å². The first kappa shape index (κ1) is 21.3. The van der Waals surface area contributed by atoms with Crippen LogP contribution in [-0.4, -0.2) is 42.0 Å². The molecule has 8 nitrogen and oxygen atoms in total. The van der Waals surface area contributed by atoms with Crippen molar-refractivity contribution < 1.29 is 9.47 Å². The molecule has 0 amide bonds. The van der Waals surface area contributed by atoms with Gasteiger partial charge in [0.05, 0.1) is 30.8 Å². The van der Waals surface area contributed by atoms with E-state index in [1.807, 2.05) is 66.2 Å². The van der Waals surface area contributed by atoms with Crippen LogP contribution in [0.4, 0.5) is 5.69 Å². The molecule has 4 rings (SSSR count). The number of methoxy groups -OCH3 is 2. The molecule has 8 heteroatoms. The molecule has 0 saturated carbocycles. The van der Waals surface area contributed by atoms with Crippen LogP contribution >= 0.6 is 0 Å². The van der Waals surface area contributed by atoms with Gasteiger partial charge in [-0.2, -0.15) is 0 Å². The predicted molar refractivity (Wildman–Crippen MR) is 127 cm³/mol. The molecule has 0 saturated heterocycles. The normalized spacial score (nSPS) is 11.1. The number of fused-ring (bicyclic) bond motifs is 1. The number of hydrogen-bond donors (Lipinski definition) is 0. The summed E-state index contributed by atoms with van der Waals surface area (Å²) in [6, 6.07) is 13.5. The molecule has 166 valence electrons. The molecule has 0 atom stereocenters. The minimum absolute atomic E-state index is 0.350. The maximum absolute atomic E-state index is 13.2. The van der Waals surface area contributed by atoms with Crippen LogP contribution in [0.5, 0.6) is 11.5 Å². The van der Waals surface area contributed by atoms with Gasteiger partial charge >= 0.3 is 5.69 Å². The van der Waals surface area contributed by atoms with Gasteiger partial charge in [-0.25, -0.2) is 4.79 Å². The van der Waals surface area contributed by atoms with Crippen molar-refractivity contribution in [2.75, 3.05) is 33.2 Å². The molecule has 0 spiro atoms. The standard InChI is InChI=1S/C24H26N4O4/c1-25(2)16-8-10-17(11-9-16)28-14-18-21(23(29)27(4)24(30)26(18)3)22(28)15-7-12-19(31-5)20(13-15)32-6/h7-14H,1-6H3. The minimum Gasteiger partial charge on any atom is -0.493 e. The smallest absolute Gasteiger partial charge is 0.330 e. The van der Waals surface area contributed by atoms with E-state index in [4.69, 9.17) is 9.47 Å². The number of rotatable bonds is 5. The van der Waals surface area contributed by atoms with Gasteiger partial charge in [0.25, 0.3) is 5.56 Å². The quantitative estimate of drug-likeness (QED) is 0.483. The summed E-state index contributed by atoms with van der Waals surface area (Å²) in [5, 5.41) is 0.457. The number of aromatic nitrogens is 3. The molecule has 2 heterocycles. The Morgan fingerprint density at radius 2 is 1.50 bits per heavy atom. The van der Waals surface area contributed by atoms with Gasteiger partial charge in [-0.3, -0.25) is 13.9 Å². The minimum atomic E-state index is -0.374. The summed E-state index contributed by atoms with van der Waals surface area (Å²) in [6.45, 7) is 0. The van der Waals surface area contributed by atoms with E-state index in [0.29, 0.717) is 28.1 Å². The van der Waals surface area contributed by atoms with E-state index >= 15 is 0 Å². The maximum atomic E-state index is 13.2. The van der Waals surface area contributed by atoms with Gasteiger partial charge < -0.3 is 18.9 Å². The molecule has 2 aromatic carbocycles. The highest BCUT2D eigenvalue weighted by Gasteiger charge is 2.21. The van der Waals surface area contributed by atoms with Crippen LogP contribution in [0.1, 0.15) is 0 Å². The fraction of sp³-hybridized carbons (Fsp3) is 0.250. The molecule has 0 aliphatic carbocycles. The third-order valence-corrected chi connectivity index (χ3v) is 5.74. The second-order valence-electron chi connectivity index (χ2n) is 7.79. The second kappa shape index (κ2) is 7.96. The van der Waals surface area contributed by atoms with E-state index in [0.717, 1.165) is 21.5 Å². The first-order valence-corrected chi connectivity index (χ1v) is 10.1. The second-order valence-corrected chi connectivity index (χ2v) is 7.79. The molecule has 0 bridgehead atoms. The van der Waals surface area contributed by atoms with Crippen molar-refractivity contribution in [3.05, 3.63) is 69.5 Å². The van der Waals surface area contributed by atoms with Crippen LogP contribution in [0, 0.1) is 0 Å². The van der Waals surface area contributed by atoms with Crippen molar-refractivity contribution in [3.63, 3.8) is 0 Å². The molecule has 0 unspecified atom stereocenters. The van der Waals surface area contributed by atoms with Crippen LogP contribution < -0.4 is 25.6 Å². The first-order valence-electron chi connectivity index (χ1n) is 10.1. The van der Waals surface area contributed by atoms with Crippen molar-refractivity contribution in [1.82, 2.24) is 13.7 Å². The summed E-state index contributed by atoms with van der Waals surface area (Å²) in [5.41, 5.74) is 3.20. The van der Waals surface area contributed by atoms with Gasteiger partial charge in [-0.05, 0) is 42.5 Å². The number of ether oxygens (including phenoxy) is 2. The molecule has 4 aromatic rings. The summed E-state index contributed by atoms with van der Waals surface area (Å²) in [7, 11) is 10.3. The molecule has 0 radical (unpaired) electrons. The van der Waals surface area contributed by atoms with Crippen LogP contribution in [0.25, 0.3) is 27.8 Å². The van der Waals surface area contributed by atoms with E-state index in [2.05, 4.69) is 0 Å². The lowest BCUT2D eigenvalue weighted by atomic mass is 10.1. The Bertz CT molecular complexity index is 1430. The monoisotopic (exact) mass is 434 g/mol. The van der Waals surface area contributed by atoms with Gasteiger partial charge in [0.1, 0.15) is 0 Å². The van der Waals surface area contributed by atoms with Crippen molar-refractivity contribution in [1.29, 1.82) is 0 Å². The highest BCUT2D eigenvalue weighted by atomic mass is 16.5. The fourth-order valence-electron chi connectivity index (χ4n) is 3.92. The Morgan fingerprint density at radius 3 is 2.09 bits per heavy atom. The topological polar surface area (TPSA) is 70.6 Å². The highest BCUT2D eigenvalue weighted by molar-refractivity contribution is 5.95. The van der Waals surface area contributed by atoms with E-state index < -0.39 is 0 Å².